The molecule has 140 valence electrons. The first kappa shape index (κ1) is 19.0. The number of hydrogen-bond acceptors (Lipinski definition) is 6. The highest BCUT2D eigenvalue weighted by Crippen LogP contribution is 2.19. The number of carbonyl (C=O) groups is 2. The molecule has 1 N–H and O–H groups in total. The number of aromatic nitrogens is 4. The van der Waals surface area contributed by atoms with Crippen molar-refractivity contribution in [2.24, 2.45) is 0 Å². The molecule has 1 amide bonds. The molecule has 0 aliphatic rings. The van der Waals surface area contributed by atoms with E-state index in [0.717, 1.165) is 10.9 Å². The zero-order valence-electron chi connectivity index (χ0n) is 15.5. The van der Waals surface area contributed by atoms with E-state index < -0.39 is 5.54 Å². The van der Waals surface area contributed by atoms with Crippen molar-refractivity contribution in [3.05, 3.63) is 54.0 Å². The summed E-state index contributed by atoms with van der Waals surface area (Å²) in [7, 11) is 0. The number of amides is 1. The maximum Gasteiger partial charge on any atom is 0.253 e. The number of pyridine rings is 1. The zero-order valence-corrected chi connectivity index (χ0v) is 16.3. The van der Waals surface area contributed by atoms with Crippen LogP contribution < -0.4 is 5.32 Å². The average Bonchev–Trinajstić information content (AvgIpc) is 3.10. The number of hydrogen-bond donors (Lipinski definition) is 1. The molecule has 0 spiro atoms. The van der Waals surface area contributed by atoms with Crippen molar-refractivity contribution in [1.82, 2.24) is 25.3 Å². The summed E-state index contributed by atoms with van der Waals surface area (Å²) in [5, 5.41) is 12.2. The second-order valence-electron chi connectivity index (χ2n) is 6.70. The first-order valence-electron chi connectivity index (χ1n) is 8.56. The van der Waals surface area contributed by atoms with Gasteiger partial charge in [-0.2, -0.15) is 0 Å². The van der Waals surface area contributed by atoms with Gasteiger partial charge in [0.05, 0.1) is 29.4 Å². The van der Waals surface area contributed by atoms with Crippen molar-refractivity contribution >= 4 is 33.7 Å². The molecule has 0 saturated heterocycles. The number of benzene rings is 1. The minimum atomic E-state index is -0.700. The van der Waals surface area contributed by atoms with Gasteiger partial charge in [-0.25, -0.2) is 0 Å². The van der Waals surface area contributed by atoms with E-state index in [4.69, 9.17) is 0 Å². The van der Waals surface area contributed by atoms with Gasteiger partial charge in [-0.1, -0.05) is 35.2 Å². The smallest absolute Gasteiger partial charge is 0.253 e. The molecule has 0 atom stereocenters. The third-order valence-electron chi connectivity index (χ3n) is 4.08. The van der Waals surface area contributed by atoms with Gasteiger partial charge in [-0.05, 0) is 26.0 Å². The van der Waals surface area contributed by atoms with E-state index in [1.807, 2.05) is 44.2 Å². The highest BCUT2D eigenvalue weighted by molar-refractivity contribution is 8.13. The fourth-order valence-corrected chi connectivity index (χ4v) is 3.16. The Morgan fingerprint density at radius 3 is 2.81 bits per heavy atom. The van der Waals surface area contributed by atoms with Crippen molar-refractivity contribution in [1.29, 1.82) is 0 Å². The second kappa shape index (κ2) is 7.87. The maximum absolute atomic E-state index is 12.7. The van der Waals surface area contributed by atoms with Gasteiger partial charge in [0, 0.05) is 24.3 Å². The molecule has 0 unspecified atom stereocenters. The number of thioether (sulfide) groups is 1. The minimum Gasteiger partial charge on any atom is -0.341 e. The highest BCUT2D eigenvalue weighted by Gasteiger charge is 2.27. The maximum atomic E-state index is 12.7. The summed E-state index contributed by atoms with van der Waals surface area (Å²) in [6, 6.07) is 9.48. The van der Waals surface area contributed by atoms with Crippen LogP contribution in [0.1, 0.15) is 36.8 Å². The molecule has 2 aromatic heterocycles. The van der Waals surface area contributed by atoms with Gasteiger partial charge in [-0.3, -0.25) is 19.3 Å². The summed E-state index contributed by atoms with van der Waals surface area (Å²) in [5.41, 5.74) is 1.29. The topological polar surface area (TPSA) is 89.8 Å². The van der Waals surface area contributed by atoms with E-state index >= 15 is 0 Å². The number of fused-ring (bicyclic) bond motifs is 1. The summed E-state index contributed by atoms with van der Waals surface area (Å²) < 4.78 is 1.68. The van der Waals surface area contributed by atoms with Crippen molar-refractivity contribution in [3.63, 3.8) is 0 Å². The first-order chi connectivity index (χ1) is 12.8. The Labute approximate surface area is 161 Å². The van der Waals surface area contributed by atoms with Gasteiger partial charge in [-0.15, -0.1) is 5.10 Å². The van der Waals surface area contributed by atoms with Crippen LogP contribution in [0.5, 0.6) is 0 Å². The Balaban J connectivity index is 1.70. The minimum absolute atomic E-state index is 0.0759. The van der Waals surface area contributed by atoms with Crippen molar-refractivity contribution in [3.8, 4) is 0 Å². The van der Waals surface area contributed by atoms with E-state index in [2.05, 4.69) is 20.6 Å². The van der Waals surface area contributed by atoms with Crippen molar-refractivity contribution < 1.29 is 9.59 Å². The van der Waals surface area contributed by atoms with E-state index in [9.17, 15) is 9.59 Å². The van der Waals surface area contributed by atoms with Gasteiger partial charge in [0.15, 0.2) is 5.12 Å². The van der Waals surface area contributed by atoms with Crippen LogP contribution >= 0.6 is 11.8 Å². The predicted molar refractivity (Wildman–Crippen MR) is 105 cm³/mol. The standard InChI is InChI=1S/C19H21N5O2S/c1-13(25)27-9-8-24-12-17(22-23-24)19(2,3)21-18(26)15-10-14-6-4-5-7-16(14)20-11-15/h4-7,10-12H,8-9H2,1-3H3,(H,21,26). The number of carbonyl (C=O) groups excluding carboxylic acids is 2. The number of para-hydroxylation sites is 1. The number of nitrogens with zero attached hydrogens (tertiary/aromatic N) is 4. The normalized spacial score (nSPS) is 11.5. The lowest BCUT2D eigenvalue weighted by Gasteiger charge is -2.23. The van der Waals surface area contributed by atoms with Crippen molar-refractivity contribution in [2.45, 2.75) is 32.9 Å². The summed E-state index contributed by atoms with van der Waals surface area (Å²) in [6.45, 7) is 5.86. The molecular formula is C19H21N5O2S. The summed E-state index contributed by atoms with van der Waals surface area (Å²) in [4.78, 5) is 28.0. The van der Waals surface area contributed by atoms with Gasteiger partial charge in [0.25, 0.3) is 5.91 Å². The van der Waals surface area contributed by atoms with Crippen LogP contribution in [-0.2, 0) is 16.9 Å². The summed E-state index contributed by atoms with van der Waals surface area (Å²) >= 11 is 1.25. The highest BCUT2D eigenvalue weighted by atomic mass is 32.2. The van der Waals surface area contributed by atoms with Crippen LogP contribution in [0.3, 0.4) is 0 Å². The lowest BCUT2D eigenvalue weighted by molar-refractivity contribution is -0.109. The molecule has 2 heterocycles. The SMILES string of the molecule is CC(=O)SCCn1cc(C(C)(C)NC(=O)c2cnc3ccccc3c2)nn1. The molecule has 3 aromatic rings. The van der Waals surface area contributed by atoms with Crippen LogP contribution in [0.2, 0.25) is 0 Å². The van der Waals surface area contributed by atoms with Gasteiger partial charge >= 0.3 is 0 Å². The molecule has 0 saturated carbocycles. The second-order valence-corrected chi connectivity index (χ2v) is 7.97. The Morgan fingerprint density at radius 1 is 1.26 bits per heavy atom. The summed E-state index contributed by atoms with van der Waals surface area (Å²) in [5.74, 6) is 0.410. The Morgan fingerprint density at radius 2 is 2.04 bits per heavy atom. The Bertz CT molecular complexity index is 983. The number of rotatable bonds is 6. The Kier molecular flexibility index (Phi) is 5.55. The molecule has 8 heteroatoms. The quantitative estimate of drug-likeness (QED) is 0.704. The number of nitrogens with one attached hydrogen (secondary N) is 1. The molecule has 0 aliphatic heterocycles. The molecule has 0 bridgehead atoms. The first-order valence-corrected chi connectivity index (χ1v) is 9.55. The predicted octanol–water partition coefficient (Wildman–Crippen LogP) is 2.77. The molecule has 0 aliphatic carbocycles. The molecule has 7 nitrogen and oxygen atoms in total. The van der Waals surface area contributed by atoms with E-state index in [-0.39, 0.29) is 11.0 Å². The van der Waals surface area contributed by atoms with E-state index in [1.54, 1.807) is 17.1 Å². The molecule has 3 rings (SSSR count). The third-order valence-corrected chi connectivity index (χ3v) is 4.88. The van der Waals surface area contributed by atoms with Gasteiger partial charge < -0.3 is 5.32 Å². The fraction of sp³-hybridized carbons (Fsp3) is 0.316. The Hall–Kier alpha value is -2.74. The molecule has 0 radical (unpaired) electrons. The monoisotopic (exact) mass is 383 g/mol. The molecule has 27 heavy (non-hydrogen) atoms. The van der Waals surface area contributed by atoms with Crippen LogP contribution in [0.15, 0.2) is 42.7 Å². The molecule has 0 fully saturated rings. The van der Waals surface area contributed by atoms with Gasteiger partial charge in [0.2, 0.25) is 0 Å². The van der Waals surface area contributed by atoms with Crippen LogP contribution in [0.25, 0.3) is 10.9 Å². The summed E-state index contributed by atoms with van der Waals surface area (Å²) in [6.07, 6.45) is 3.36. The largest absolute Gasteiger partial charge is 0.341 e. The van der Waals surface area contributed by atoms with Crippen LogP contribution in [0, 0.1) is 0 Å². The molecule has 1 aromatic carbocycles. The lowest BCUT2D eigenvalue weighted by atomic mass is 10.0. The van der Waals surface area contributed by atoms with E-state index in [0.29, 0.717) is 23.6 Å². The van der Waals surface area contributed by atoms with Gasteiger partial charge in [0.1, 0.15) is 5.69 Å². The van der Waals surface area contributed by atoms with E-state index in [1.165, 1.54) is 18.7 Å². The van der Waals surface area contributed by atoms with Crippen LogP contribution in [-0.4, -0.2) is 36.8 Å². The number of aryl methyl sites for hydroxylation is 1. The van der Waals surface area contributed by atoms with Crippen molar-refractivity contribution in [2.75, 3.05) is 5.75 Å². The zero-order chi connectivity index (χ0) is 19.4. The third kappa shape index (κ3) is 4.71. The fourth-order valence-electron chi connectivity index (χ4n) is 2.59. The van der Waals surface area contributed by atoms with Crippen LogP contribution in [0.4, 0.5) is 0 Å². The average molecular weight is 383 g/mol. The lowest BCUT2D eigenvalue weighted by Crippen LogP contribution is -2.41. The molecular weight excluding hydrogens is 362 g/mol.